The van der Waals surface area contributed by atoms with Gasteiger partial charge in [0, 0.05) is 0 Å². The Morgan fingerprint density at radius 3 is 2.47 bits per heavy atom. The lowest BCUT2D eigenvalue weighted by Crippen LogP contribution is -2.11. The van der Waals surface area contributed by atoms with Gasteiger partial charge in [0.25, 0.3) is 0 Å². The minimum Gasteiger partial charge on any atom is -0.225 e. The second-order valence-corrected chi connectivity index (χ2v) is 5.59. The highest BCUT2D eigenvalue weighted by molar-refractivity contribution is 7.89. The Morgan fingerprint density at radius 2 is 1.79 bits per heavy atom. The summed E-state index contributed by atoms with van der Waals surface area (Å²) in [6.45, 7) is 0. The third-order valence-electron chi connectivity index (χ3n) is 2.75. The lowest BCUT2D eigenvalue weighted by atomic mass is 10.3. The van der Waals surface area contributed by atoms with Gasteiger partial charge in [0.15, 0.2) is 0 Å². The van der Waals surface area contributed by atoms with Crippen molar-refractivity contribution < 1.29 is 8.42 Å². The third kappa shape index (κ3) is 2.09. The minimum atomic E-state index is -3.73. The highest BCUT2D eigenvalue weighted by Crippen LogP contribution is 2.19. The summed E-state index contributed by atoms with van der Waals surface area (Å²) in [6, 6.07) is 14.0. The van der Waals surface area contributed by atoms with Crippen LogP contribution >= 0.6 is 0 Å². The molecular weight excluding hydrogens is 264 g/mol. The topological polar surface area (TPSA) is 90.9 Å². The molecule has 0 aliphatic carbocycles. The molecule has 2 N–H and O–H groups in total. The molecule has 3 aromatic rings. The highest BCUT2D eigenvalue weighted by Gasteiger charge is 2.12. The van der Waals surface area contributed by atoms with Crippen LogP contribution in [0.1, 0.15) is 0 Å². The zero-order valence-corrected chi connectivity index (χ0v) is 10.6. The Labute approximate surface area is 109 Å². The van der Waals surface area contributed by atoms with Crippen LogP contribution in [0.25, 0.3) is 16.7 Å². The molecule has 2 aromatic carbocycles. The van der Waals surface area contributed by atoms with Crippen molar-refractivity contribution in [2.24, 2.45) is 5.14 Å². The maximum absolute atomic E-state index is 11.3. The van der Waals surface area contributed by atoms with E-state index in [0.29, 0.717) is 5.52 Å². The summed E-state index contributed by atoms with van der Waals surface area (Å²) in [6.07, 6.45) is 0. The number of rotatable bonds is 2. The predicted molar refractivity (Wildman–Crippen MR) is 70.2 cm³/mol. The van der Waals surface area contributed by atoms with Crippen molar-refractivity contribution in [1.82, 2.24) is 15.0 Å². The lowest BCUT2D eigenvalue weighted by Gasteiger charge is -2.02. The molecule has 0 radical (unpaired) electrons. The molecule has 1 heterocycles. The van der Waals surface area contributed by atoms with Crippen LogP contribution in [-0.2, 0) is 10.0 Å². The van der Waals surface area contributed by atoms with Gasteiger partial charge in [-0.2, -0.15) is 0 Å². The molecule has 0 unspecified atom stereocenters. The first kappa shape index (κ1) is 11.8. The first-order valence-corrected chi connectivity index (χ1v) is 7.04. The van der Waals surface area contributed by atoms with Crippen molar-refractivity contribution in [3.8, 4) is 5.69 Å². The van der Waals surface area contributed by atoms with Crippen molar-refractivity contribution >= 4 is 21.1 Å². The van der Waals surface area contributed by atoms with Gasteiger partial charge in [0.05, 0.1) is 16.1 Å². The van der Waals surface area contributed by atoms with Crippen molar-refractivity contribution in [1.29, 1.82) is 0 Å². The fourth-order valence-electron chi connectivity index (χ4n) is 1.84. The summed E-state index contributed by atoms with van der Waals surface area (Å²) < 4.78 is 24.2. The van der Waals surface area contributed by atoms with Crippen LogP contribution in [0.15, 0.2) is 53.4 Å². The number of sulfonamides is 1. The smallest absolute Gasteiger partial charge is 0.225 e. The largest absolute Gasteiger partial charge is 0.238 e. The van der Waals surface area contributed by atoms with Gasteiger partial charge >= 0.3 is 0 Å². The summed E-state index contributed by atoms with van der Waals surface area (Å²) in [4.78, 5) is 0.0279. The van der Waals surface area contributed by atoms with E-state index in [0.717, 1.165) is 11.2 Å². The molecule has 7 heteroatoms. The average molecular weight is 274 g/mol. The fourth-order valence-corrected chi connectivity index (χ4v) is 2.37. The number of hydrogen-bond donors (Lipinski definition) is 1. The Kier molecular flexibility index (Phi) is 2.58. The molecule has 0 bridgehead atoms. The standard InChI is InChI=1S/C12H10N4O2S/c13-19(17,18)10-6-7-12-11(8-10)14-15-16(12)9-4-2-1-3-5-9/h1-8H,(H2,13,17,18). The van der Waals surface area contributed by atoms with E-state index in [4.69, 9.17) is 5.14 Å². The van der Waals surface area contributed by atoms with E-state index in [1.165, 1.54) is 12.1 Å². The van der Waals surface area contributed by atoms with Crippen molar-refractivity contribution in [3.63, 3.8) is 0 Å². The molecule has 0 aliphatic rings. The molecule has 0 atom stereocenters. The number of benzene rings is 2. The van der Waals surface area contributed by atoms with Gasteiger partial charge in [0.1, 0.15) is 5.52 Å². The van der Waals surface area contributed by atoms with Crippen molar-refractivity contribution in [2.45, 2.75) is 4.90 Å². The van der Waals surface area contributed by atoms with E-state index in [1.54, 1.807) is 10.7 Å². The maximum Gasteiger partial charge on any atom is 0.238 e. The number of hydrogen-bond acceptors (Lipinski definition) is 4. The monoisotopic (exact) mass is 274 g/mol. The minimum absolute atomic E-state index is 0.0279. The highest BCUT2D eigenvalue weighted by atomic mass is 32.2. The Hall–Kier alpha value is -2.25. The molecular formula is C12H10N4O2S. The molecule has 6 nitrogen and oxygen atoms in total. The summed E-state index contributed by atoms with van der Waals surface area (Å²) in [7, 11) is -3.73. The van der Waals surface area contributed by atoms with E-state index >= 15 is 0 Å². The van der Waals surface area contributed by atoms with Gasteiger partial charge in [0.2, 0.25) is 10.0 Å². The molecule has 1 aromatic heterocycles. The van der Waals surface area contributed by atoms with Gasteiger partial charge in [-0.15, -0.1) is 5.10 Å². The van der Waals surface area contributed by atoms with Crippen LogP contribution in [0.4, 0.5) is 0 Å². The predicted octanol–water partition coefficient (Wildman–Crippen LogP) is 1.07. The van der Waals surface area contributed by atoms with Gasteiger partial charge in [-0.05, 0) is 30.3 Å². The number of aromatic nitrogens is 3. The van der Waals surface area contributed by atoms with E-state index in [-0.39, 0.29) is 4.90 Å². The lowest BCUT2D eigenvalue weighted by molar-refractivity contribution is 0.598. The second-order valence-electron chi connectivity index (χ2n) is 4.03. The van der Waals surface area contributed by atoms with E-state index in [9.17, 15) is 8.42 Å². The first-order valence-electron chi connectivity index (χ1n) is 5.49. The zero-order chi connectivity index (χ0) is 13.5. The maximum atomic E-state index is 11.3. The summed E-state index contributed by atoms with van der Waals surface area (Å²) in [5.74, 6) is 0. The van der Waals surface area contributed by atoms with Crippen LogP contribution in [0, 0.1) is 0 Å². The fraction of sp³-hybridized carbons (Fsp3) is 0. The molecule has 96 valence electrons. The summed E-state index contributed by atoms with van der Waals surface area (Å²) in [5, 5.41) is 13.1. The number of nitrogens with two attached hydrogens (primary N) is 1. The summed E-state index contributed by atoms with van der Waals surface area (Å²) in [5.41, 5.74) is 2.06. The van der Waals surface area contributed by atoms with Crippen molar-refractivity contribution in [2.75, 3.05) is 0 Å². The van der Waals surface area contributed by atoms with E-state index in [1.807, 2.05) is 30.3 Å². The van der Waals surface area contributed by atoms with Crippen LogP contribution in [0.5, 0.6) is 0 Å². The average Bonchev–Trinajstić information content (AvgIpc) is 2.81. The van der Waals surface area contributed by atoms with Gasteiger partial charge in [-0.3, -0.25) is 0 Å². The first-order chi connectivity index (χ1) is 9.05. The Morgan fingerprint density at radius 1 is 1.05 bits per heavy atom. The molecule has 3 rings (SSSR count). The third-order valence-corrected chi connectivity index (χ3v) is 3.66. The molecule has 0 spiro atoms. The Bertz CT molecular complexity index is 841. The molecule has 0 amide bonds. The van der Waals surface area contributed by atoms with Crippen LogP contribution in [0.2, 0.25) is 0 Å². The van der Waals surface area contributed by atoms with Gasteiger partial charge < -0.3 is 0 Å². The van der Waals surface area contributed by atoms with Gasteiger partial charge in [-0.1, -0.05) is 23.4 Å². The van der Waals surface area contributed by atoms with E-state index in [2.05, 4.69) is 10.3 Å². The van der Waals surface area contributed by atoms with Crippen LogP contribution < -0.4 is 5.14 Å². The van der Waals surface area contributed by atoms with Crippen LogP contribution in [-0.4, -0.2) is 23.4 Å². The molecule has 19 heavy (non-hydrogen) atoms. The molecule has 0 saturated carbocycles. The normalized spacial score (nSPS) is 11.8. The molecule has 0 aliphatic heterocycles. The Balaban J connectivity index is 2.21. The summed E-state index contributed by atoms with van der Waals surface area (Å²) >= 11 is 0. The molecule has 0 fully saturated rings. The zero-order valence-electron chi connectivity index (χ0n) is 9.76. The number of fused-ring (bicyclic) bond motifs is 1. The number of primary sulfonamides is 1. The number of nitrogens with zero attached hydrogens (tertiary/aromatic N) is 3. The second kappa shape index (κ2) is 4.15. The quantitative estimate of drug-likeness (QED) is 0.756. The van der Waals surface area contributed by atoms with Crippen molar-refractivity contribution in [3.05, 3.63) is 48.5 Å². The number of para-hydroxylation sites is 1. The molecule has 0 saturated heterocycles. The SMILES string of the molecule is NS(=O)(=O)c1ccc2c(c1)nnn2-c1ccccc1. The van der Waals surface area contributed by atoms with Gasteiger partial charge in [-0.25, -0.2) is 18.2 Å². The van der Waals surface area contributed by atoms with Crippen LogP contribution in [0.3, 0.4) is 0 Å². The van der Waals surface area contributed by atoms with E-state index < -0.39 is 10.0 Å².